The van der Waals surface area contributed by atoms with Gasteiger partial charge in [-0.3, -0.25) is 0 Å². The van der Waals surface area contributed by atoms with Crippen molar-refractivity contribution >= 4 is 182 Å². The topological polar surface area (TPSA) is 59.9 Å². The molecule has 2 aliphatic rings. The van der Waals surface area contributed by atoms with E-state index < -0.39 is 8.80 Å². The average Bonchev–Trinajstić information content (AvgIpc) is 1.60. The van der Waals surface area contributed by atoms with Crippen LogP contribution >= 0.6 is 56.7 Å². The Balaban J connectivity index is 0.000000122. The molecule has 8 nitrogen and oxygen atoms in total. The molecule has 0 saturated carbocycles. The summed E-state index contributed by atoms with van der Waals surface area (Å²) in [4.78, 5) is 20.4. The first-order chi connectivity index (χ1) is 59.6. The van der Waals surface area contributed by atoms with Crippen molar-refractivity contribution in [3.8, 4) is 56.3 Å². The quantitative estimate of drug-likeness (QED) is 0.0850. The summed E-state index contributed by atoms with van der Waals surface area (Å²) in [6, 6.07) is 127. The van der Waals surface area contributed by atoms with Crippen LogP contribution in [0, 0.1) is 48.7 Å². The van der Waals surface area contributed by atoms with Gasteiger partial charge < -0.3 is 23.5 Å². The monoisotopic (exact) mass is 1840 g/mol. The third kappa shape index (κ3) is 15.1. The number of aromatic nitrogens is 6. The molecule has 0 unspecified atom stereocenters. The molecule has 0 N–H and O–H groups in total. The first kappa shape index (κ1) is 82.0. The minimum Gasteiger partial charge on any atom is -0.421 e. The molecule has 1 aliphatic heterocycles. The van der Waals surface area contributed by atoms with Crippen molar-refractivity contribution in [2.75, 3.05) is 9.80 Å². The molecule has 0 bridgehead atoms. The standard InChI is InChI=1S/C44H35N2Si.C33H20N3S2.C30H16N3S3.3Cu/c1-44(2,47(37-20-5-3-6-21-37)38-22-7-4-8-23-38)35-18-14-19-36(31-35)46-42-26-12-10-16-33(42)27-28-34-29-30-41(45-43(34)46)40-25-13-17-32-15-9-11-24-39(32)40;1-2-11-26(12-3-1)36(27-17-16-23-15-14-22-8-6-7-13-28(22)29(23)18-27)33-34-31-30(21-37-32(31)38-33)35-19-24-9-4-5-10-25(24)20-35;1-32-11-9-18(15-32)23-16-35-28-14-21-19-5-2-3-7-26(19)33(27(21)13-22(23)28)29-8-4-6-25(31-29)24-17-36-30-20(24)10-12-34-30;;;/h3-23,25-26,29-30H,27-28H2,1-2H3;1-12,16-17,19,21H,14-15H2;2-8,11-12,14-17H,1H3;;;/q-2;2*-3;;;+2. The Bertz CT molecular complexity index is 7590. The molecule has 22 aromatic rings. The Kier molecular flexibility index (Phi) is 23.1. The zero-order chi connectivity index (χ0) is 80.7. The van der Waals surface area contributed by atoms with Crippen LogP contribution in [0.1, 0.15) is 41.7 Å². The van der Waals surface area contributed by atoms with Gasteiger partial charge in [-0.1, -0.05) is 279 Å². The third-order valence-corrected chi connectivity index (χ3v) is 31.7. The third-order valence-electron chi connectivity index (χ3n) is 23.3. The molecule has 0 amide bonds. The zero-order valence-corrected chi connectivity index (χ0v) is 74.9. The average molecular weight is 1850 g/mol. The van der Waals surface area contributed by atoms with Crippen LogP contribution in [-0.2, 0) is 89.0 Å². The second-order valence-electron chi connectivity index (χ2n) is 31.0. The van der Waals surface area contributed by atoms with Gasteiger partial charge >= 0.3 is 17.1 Å². The summed E-state index contributed by atoms with van der Waals surface area (Å²) in [5.74, 6) is 1.87. The second kappa shape index (κ2) is 34.8. The first-order valence-electron chi connectivity index (χ1n) is 40.5. The van der Waals surface area contributed by atoms with E-state index in [1.807, 2.05) is 41.4 Å². The Labute approximate surface area is 773 Å². The van der Waals surface area contributed by atoms with Gasteiger partial charge in [-0.2, -0.15) is 82.2 Å². The van der Waals surface area contributed by atoms with Crippen molar-refractivity contribution in [1.82, 2.24) is 28.7 Å². The van der Waals surface area contributed by atoms with E-state index in [2.05, 4.69) is 377 Å². The summed E-state index contributed by atoms with van der Waals surface area (Å²) in [5.41, 5.74) is 23.7. The molecule has 17 heteroatoms. The van der Waals surface area contributed by atoms with E-state index in [9.17, 15) is 0 Å². The van der Waals surface area contributed by atoms with Gasteiger partial charge in [-0.05, 0) is 111 Å². The Morgan fingerprint density at radius 1 is 0.484 bits per heavy atom. The van der Waals surface area contributed by atoms with Gasteiger partial charge in [0.25, 0.3) is 0 Å². The van der Waals surface area contributed by atoms with Gasteiger partial charge in [0.2, 0.25) is 0 Å². The number of aryl methyl sites for hydroxylation is 5. The van der Waals surface area contributed by atoms with Crippen molar-refractivity contribution in [3.63, 3.8) is 0 Å². The van der Waals surface area contributed by atoms with E-state index in [1.165, 1.54) is 89.3 Å². The summed E-state index contributed by atoms with van der Waals surface area (Å²) in [6.45, 7) is 4.79. The fourth-order valence-corrected chi connectivity index (χ4v) is 25.6. The number of para-hydroxylation sites is 3. The normalized spacial score (nSPS) is 12.2. The maximum atomic E-state index is 5.46. The van der Waals surface area contributed by atoms with Crippen LogP contribution in [-0.4, -0.2) is 37.4 Å². The number of fused-ring (bicyclic) bond motifs is 13. The Hall–Kier alpha value is -11.6. The molecule has 0 atom stereocenters. The molecule has 1 aliphatic carbocycles. The van der Waals surface area contributed by atoms with E-state index >= 15 is 0 Å². The largest absolute Gasteiger partial charge is 2.00 e. The summed E-state index contributed by atoms with van der Waals surface area (Å²) < 4.78 is 10.1. The van der Waals surface area contributed by atoms with E-state index in [-0.39, 0.29) is 56.2 Å². The smallest absolute Gasteiger partial charge is 0.421 e. The predicted molar refractivity (Wildman–Crippen MR) is 510 cm³/mol. The maximum absolute atomic E-state index is 5.46. The van der Waals surface area contributed by atoms with Gasteiger partial charge in [0.15, 0.2) is 5.13 Å². The fraction of sp³-hybridized carbons (Fsp3) is 0.0748. The second-order valence-corrected chi connectivity index (χ2v) is 39.2. The molecule has 24 rings (SSSR count). The van der Waals surface area contributed by atoms with Crippen LogP contribution in [0.4, 0.5) is 33.7 Å². The van der Waals surface area contributed by atoms with E-state index in [0.29, 0.717) is 0 Å². The van der Waals surface area contributed by atoms with Crippen molar-refractivity contribution in [3.05, 3.63) is 402 Å². The first-order valence-corrected chi connectivity index (χ1v) is 46.3. The summed E-state index contributed by atoms with van der Waals surface area (Å²) in [5, 5.41) is 21.4. The predicted octanol–water partition coefficient (Wildman–Crippen LogP) is 26.9. The van der Waals surface area contributed by atoms with Gasteiger partial charge in [-0.15, -0.1) is 105 Å². The molecule has 4 radical (unpaired) electrons. The number of nitrogens with zero attached hydrogens (tertiary/aromatic N) is 8. The van der Waals surface area contributed by atoms with Crippen molar-refractivity contribution in [1.29, 1.82) is 0 Å². The number of pyridine rings is 2. The van der Waals surface area contributed by atoms with Crippen LogP contribution in [0.5, 0.6) is 0 Å². The van der Waals surface area contributed by atoms with Crippen LogP contribution in [0.25, 0.3) is 129 Å². The minimum atomic E-state index is -1.23. The number of benzene rings is 12. The Morgan fingerprint density at radius 3 is 2.00 bits per heavy atom. The molecular weight excluding hydrogens is 1780 g/mol. The number of hydrogen-bond acceptors (Lipinski definition) is 10. The number of thiophene rings is 4. The summed E-state index contributed by atoms with van der Waals surface area (Å²) in [6.07, 6.45) is 13.7. The molecule has 0 spiro atoms. The molecule has 0 saturated heterocycles. The SMILES string of the molecule is CC(C)(c1[c-]c(N2c3ccccc3CCc3ccc(-c4cccc5ccc[c-]c45)nc32)ccc1)[Si](c1ccccc1)c1ccccc1.Cn1c[c-]c(-c2csc3cc4c5ccccc5n(-c5cccc(-c6csc7sc[c-]c67)n5)c4[c-]c23)c1.[Cu+2].[Cu].[Cu].[c-]1cccc2c1-c1[c-]c(N(c3ccccc3)c3nc4c(-n5[c-]c6ccccc6c5)csc4s3)ccc1CC2. The number of rotatable bonds is 13. The van der Waals surface area contributed by atoms with Gasteiger partial charge in [0.05, 0.1) is 5.52 Å². The molecule has 612 valence electrons. The van der Waals surface area contributed by atoms with Crippen LogP contribution < -0.4 is 20.2 Å². The molecule has 124 heavy (non-hydrogen) atoms. The maximum Gasteiger partial charge on any atom is 2.00 e. The molecule has 10 aromatic heterocycles. The molecule has 0 fully saturated rings. The summed E-state index contributed by atoms with van der Waals surface area (Å²) in [7, 11) is 0.796. The minimum absolute atomic E-state index is 0. The van der Waals surface area contributed by atoms with Gasteiger partial charge in [0.1, 0.15) is 24.4 Å². The van der Waals surface area contributed by atoms with Crippen LogP contribution in [0.3, 0.4) is 0 Å². The van der Waals surface area contributed by atoms with Crippen molar-refractivity contribution < 1.29 is 51.2 Å². The fourth-order valence-electron chi connectivity index (χ4n) is 17.4. The molecule has 12 aromatic carbocycles. The van der Waals surface area contributed by atoms with Crippen molar-refractivity contribution in [2.24, 2.45) is 7.05 Å². The molecular formula is C107H71Cu3N8S5Si-6. The van der Waals surface area contributed by atoms with E-state index in [0.717, 1.165) is 137 Å². The number of thiazole rings is 1. The van der Waals surface area contributed by atoms with Crippen molar-refractivity contribution in [2.45, 2.75) is 44.6 Å². The van der Waals surface area contributed by atoms with Gasteiger partial charge in [-0.25, -0.2) is 60.1 Å². The number of hydrogen-bond donors (Lipinski definition) is 0. The van der Waals surface area contributed by atoms with E-state index in [1.54, 1.807) is 56.7 Å². The zero-order valence-electron chi connectivity index (χ0n) is 67.0. The van der Waals surface area contributed by atoms with Gasteiger partial charge in [0, 0.05) is 68.1 Å². The Morgan fingerprint density at radius 2 is 1.17 bits per heavy atom. The number of anilines is 6. The van der Waals surface area contributed by atoms with E-state index in [4.69, 9.17) is 15.0 Å². The summed E-state index contributed by atoms with van der Waals surface area (Å²) >= 11 is 8.71. The van der Waals surface area contributed by atoms with Crippen LogP contribution in [0.2, 0.25) is 0 Å². The van der Waals surface area contributed by atoms with Crippen LogP contribution in [0.15, 0.2) is 325 Å². The molecule has 11 heterocycles.